The Morgan fingerprint density at radius 2 is 1.48 bits per heavy atom. The second kappa shape index (κ2) is 9.04. The van der Waals surface area contributed by atoms with Crippen molar-refractivity contribution >= 4 is 11.9 Å². The third kappa shape index (κ3) is 6.04. The number of aliphatic carboxylic acids is 2. The molecule has 0 aliphatic carbocycles. The fourth-order valence-corrected chi connectivity index (χ4v) is 1.73. The summed E-state index contributed by atoms with van der Waals surface area (Å²) in [5, 5.41) is 14.8. The average molecular weight is 319 g/mol. The SMILES string of the molecule is COc1ccc(Cc2ccncc2)cc1OC.O=C(O)C(=O)O. The van der Waals surface area contributed by atoms with Crippen LogP contribution in [0.5, 0.6) is 11.5 Å². The second-order valence-electron chi connectivity index (χ2n) is 4.33. The van der Waals surface area contributed by atoms with Gasteiger partial charge in [-0.2, -0.15) is 0 Å². The molecule has 0 spiro atoms. The normalized spacial score (nSPS) is 9.30. The summed E-state index contributed by atoms with van der Waals surface area (Å²) in [5.74, 6) is -2.13. The Labute approximate surface area is 133 Å². The lowest BCUT2D eigenvalue weighted by Crippen LogP contribution is -2.09. The van der Waals surface area contributed by atoms with Gasteiger partial charge in [-0.15, -0.1) is 0 Å². The van der Waals surface area contributed by atoms with Gasteiger partial charge in [-0.05, 0) is 41.8 Å². The van der Waals surface area contributed by atoms with Gasteiger partial charge in [0.25, 0.3) is 0 Å². The highest BCUT2D eigenvalue weighted by Crippen LogP contribution is 2.28. The first kappa shape index (κ1) is 18.0. The maximum atomic E-state index is 9.10. The van der Waals surface area contributed by atoms with Crippen molar-refractivity contribution in [3.8, 4) is 11.5 Å². The van der Waals surface area contributed by atoms with Gasteiger partial charge in [0.2, 0.25) is 0 Å². The van der Waals surface area contributed by atoms with Gasteiger partial charge in [0.1, 0.15) is 0 Å². The maximum Gasteiger partial charge on any atom is 0.414 e. The number of rotatable bonds is 4. The molecular weight excluding hydrogens is 302 g/mol. The zero-order valence-corrected chi connectivity index (χ0v) is 12.7. The molecule has 1 heterocycles. The molecule has 0 unspecified atom stereocenters. The molecule has 0 amide bonds. The molecule has 2 aromatic rings. The van der Waals surface area contributed by atoms with Gasteiger partial charge >= 0.3 is 11.9 Å². The lowest BCUT2D eigenvalue weighted by Gasteiger charge is -2.09. The number of nitrogens with zero attached hydrogens (tertiary/aromatic N) is 1. The largest absolute Gasteiger partial charge is 0.493 e. The number of carboxylic acids is 2. The molecule has 122 valence electrons. The Bertz CT molecular complexity index is 645. The molecule has 0 aliphatic rings. The van der Waals surface area contributed by atoms with Crippen LogP contribution in [-0.2, 0) is 16.0 Å². The van der Waals surface area contributed by atoms with Crippen LogP contribution < -0.4 is 9.47 Å². The first-order chi connectivity index (χ1) is 11.0. The predicted octanol–water partition coefficient (Wildman–Crippen LogP) is 1.85. The van der Waals surface area contributed by atoms with Gasteiger partial charge < -0.3 is 19.7 Å². The zero-order chi connectivity index (χ0) is 17.2. The first-order valence-electron chi connectivity index (χ1n) is 6.54. The van der Waals surface area contributed by atoms with Crippen LogP contribution in [0.2, 0.25) is 0 Å². The Balaban J connectivity index is 0.000000379. The highest BCUT2D eigenvalue weighted by atomic mass is 16.5. The fraction of sp³-hybridized carbons (Fsp3) is 0.188. The summed E-state index contributed by atoms with van der Waals surface area (Å²) in [7, 11) is 3.29. The number of aromatic nitrogens is 1. The Morgan fingerprint density at radius 3 is 1.96 bits per heavy atom. The summed E-state index contributed by atoms with van der Waals surface area (Å²) in [6.07, 6.45) is 4.47. The number of ether oxygens (including phenoxy) is 2. The highest BCUT2D eigenvalue weighted by Gasteiger charge is 2.05. The fourth-order valence-electron chi connectivity index (χ4n) is 1.73. The minimum absolute atomic E-state index is 0.756. The highest BCUT2D eigenvalue weighted by molar-refractivity contribution is 6.27. The topological polar surface area (TPSA) is 106 Å². The monoisotopic (exact) mass is 319 g/mol. The molecule has 2 rings (SSSR count). The van der Waals surface area contributed by atoms with E-state index in [2.05, 4.69) is 4.98 Å². The van der Waals surface area contributed by atoms with E-state index < -0.39 is 11.9 Å². The molecule has 1 aromatic carbocycles. The molecule has 2 N–H and O–H groups in total. The minimum Gasteiger partial charge on any atom is -0.493 e. The van der Waals surface area contributed by atoms with Gasteiger partial charge in [-0.25, -0.2) is 9.59 Å². The van der Waals surface area contributed by atoms with Crippen LogP contribution in [-0.4, -0.2) is 41.4 Å². The third-order valence-electron chi connectivity index (χ3n) is 2.79. The van der Waals surface area contributed by atoms with Gasteiger partial charge in [0.15, 0.2) is 11.5 Å². The van der Waals surface area contributed by atoms with E-state index >= 15 is 0 Å². The molecule has 0 saturated heterocycles. The summed E-state index contributed by atoms with van der Waals surface area (Å²) < 4.78 is 10.5. The Kier molecular flexibility index (Phi) is 7.06. The summed E-state index contributed by atoms with van der Waals surface area (Å²) >= 11 is 0. The molecule has 7 nitrogen and oxygen atoms in total. The van der Waals surface area contributed by atoms with E-state index in [-0.39, 0.29) is 0 Å². The number of methoxy groups -OCH3 is 2. The number of hydrogen-bond acceptors (Lipinski definition) is 5. The van der Waals surface area contributed by atoms with E-state index in [1.54, 1.807) is 26.6 Å². The standard InChI is InChI=1S/C14H15NO2.C2H2O4/c1-16-13-4-3-12(10-14(13)17-2)9-11-5-7-15-8-6-11;3-1(4)2(5)6/h3-8,10H,9H2,1-2H3;(H,3,4)(H,5,6). The lowest BCUT2D eigenvalue weighted by molar-refractivity contribution is -0.159. The number of carbonyl (C=O) groups is 2. The molecular formula is C16H17NO6. The molecule has 0 radical (unpaired) electrons. The van der Waals surface area contributed by atoms with E-state index in [0.717, 1.165) is 17.9 Å². The van der Waals surface area contributed by atoms with Gasteiger partial charge in [0, 0.05) is 12.4 Å². The number of pyridine rings is 1. The van der Waals surface area contributed by atoms with E-state index in [4.69, 9.17) is 29.3 Å². The quantitative estimate of drug-likeness (QED) is 0.828. The Hall–Kier alpha value is -3.09. The van der Waals surface area contributed by atoms with Crippen LogP contribution in [0.15, 0.2) is 42.7 Å². The smallest absolute Gasteiger partial charge is 0.414 e. The summed E-state index contributed by atoms with van der Waals surface area (Å²) in [4.78, 5) is 22.2. The van der Waals surface area contributed by atoms with Crippen molar-refractivity contribution in [2.45, 2.75) is 6.42 Å². The van der Waals surface area contributed by atoms with Crippen molar-refractivity contribution in [3.05, 3.63) is 53.9 Å². The third-order valence-corrected chi connectivity index (χ3v) is 2.79. The second-order valence-corrected chi connectivity index (χ2v) is 4.33. The van der Waals surface area contributed by atoms with Crippen molar-refractivity contribution in [1.82, 2.24) is 4.98 Å². The van der Waals surface area contributed by atoms with Crippen molar-refractivity contribution < 1.29 is 29.3 Å². The van der Waals surface area contributed by atoms with Crippen LogP contribution >= 0.6 is 0 Å². The minimum atomic E-state index is -1.82. The molecule has 1 aromatic heterocycles. The summed E-state index contributed by atoms with van der Waals surface area (Å²) in [6, 6.07) is 9.99. The van der Waals surface area contributed by atoms with Crippen molar-refractivity contribution in [3.63, 3.8) is 0 Å². The molecule has 0 bridgehead atoms. The van der Waals surface area contributed by atoms with Gasteiger partial charge in [0.05, 0.1) is 14.2 Å². The first-order valence-corrected chi connectivity index (χ1v) is 6.54. The average Bonchev–Trinajstić information content (AvgIpc) is 2.56. The van der Waals surface area contributed by atoms with Crippen molar-refractivity contribution in [2.24, 2.45) is 0 Å². The molecule has 0 aliphatic heterocycles. The van der Waals surface area contributed by atoms with Crippen molar-refractivity contribution in [1.29, 1.82) is 0 Å². The van der Waals surface area contributed by atoms with Crippen LogP contribution in [0.1, 0.15) is 11.1 Å². The number of carboxylic acid groups (broad SMARTS) is 2. The van der Waals surface area contributed by atoms with Crippen molar-refractivity contribution in [2.75, 3.05) is 14.2 Å². The van der Waals surface area contributed by atoms with Crippen LogP contribution in [0.3, 0.4) is 0 Å². The molecule has 23 heavy (non-hydrogen) atoms. The Morgan fingerprint density at radius 1 is 0.913 bits per heavy atom. The van der Waals surface area contributed by atoms with E-state index in [9.17, 15) is 0 Å². The van der Waals surface area contributed by atoms with Crippen LogP contribution in [0.25, 0.3) is 0 Å². The predicted molar refractivity (Wildman–Crippen MR) is 81.9 cm³/mol. The molecule has 0 atom stereocenters. The summed E-state index contributed by atoms with van der Waals surface area (Å²) in [6.45, 7) is 0. The number of benzene rings is 1. The number of hydrogen-bond donors (Lipinski definition) is 2. The lowest BCUT2D eigenvalue weighted by atomic mass is 10.1. The van der Waals surface area contributed by atoms with E-state index in [0.29, 0.717) is 0 Å². The zero-order valence-electron chi connectivity index (χ0n) is 12.7. The van der Waals surface area contributed by atoms with Crippen LogP contribution in [0.4, 0.5) is 0 Å². The summed E-state index contributed by atoms with van der Waals surface area (Å²) in [5.41, 5.74) is 2.42. The van der Waals surface area contributed by atoms with Crippen LogP contribution in [0, 0.1) is 0 Å². The van der Waals surface area contributed by atoms with E-state index in [1.165, 1.54) is 11.1 Å². The molecule has 7 heteroatoms. The van der Waals surface area contributed by atoms with Gasteiger partial charge in [-0.1, -0.05) is 6.07 Å². The molecule has 0 saturated carbocycles. The molecule has 0 fully saturated rings. The van der Waals surface area contributed by atoms with Gasteiger partial charge in [-0.3, -0.25) is 4.98 Å². The van der Waals surface area contributed by atoms with E-state index in [1.807, 2.05) is 30.3 Å². The maximum absolute atomic E-state index is 9.10.